The molecule has 0 fully saturated rings. The predicted molar refractivity (Wildman–Crippen MR) is 105 cm³/mol. The van der Waals surface area contributed by atoms with Crippen molar-refractivity contribution in [1.82, 2.24) is 15.2 Å². The van der Waals surface area contributed by atoms with E-state index in [4.69, 9.17) is 4.74 Å². The van der Waals surface area contributed by atoms with Gasteiger partial charge < -0.3 is 10.1 Å². The first kappa shape index (κ1) is 20.4. The number of esters is 1. The Morgan fingerprint density at radius 1 is 1.14 bits per heavy atom. The average molecular weight is 433 g/mol. The molecular formula is C17H15N5O5S2. The van der Waals surface area contributed by atoms with Crippen LogP contribution in [-0.4, -0.2) is 42.1 Å². The zero-order valence-electron chi connectivity index (χ0n) is 15.0. The summed E-state index contributed by atoms with van der Waals surface area (Å²) in [6.07, 6.45) is 2.84. The van der Waals surface area contributed by atoms with Gasteiger partial charge >= 0.3 is 5.97 Å². The van der Waals surface area contributed by atoms with Crippen LogP contribution >= 0.6 is 11.3 Å². The van der Waals surface area contributed by atoms with E-state index in [2.05, 4.69) is 25.2 Å². The molecule has 10 nitrogen and oxygen atoms in total. The van der Waals surface area contributed by atoms with Crippen molar-refractivity contribution < 1.29 is 22.7 Å². The smallest absolute Gasteiger partial charge is 0.340 e. The Kier molecular flexibility index (Phi) is 6.14. The van der Waals surface area contributed by atoms with Crippen molar-refractivity contribution in [3.63, 3.8) is 0 Å². The van der Waals surface area contributed by atoms with Gasteiger partial charge in [0.1, 0.15) is 5.01 Å². The lowest BCUT2D eigenvalue weighted by atomic mass is 10.3. The summed E-state index contributed by atoms with van der Waals surface area (Å²) in [6, 6.07) is 8.58. The lowest BCUT2D eigenvalue weighted by Gasteiger charge is -2.08. The van der Waals surface area contributed by atoms with E-state index in [1.807, 2.05) is 0 Å². The Morgan fingerprint density at radius 3 is 2.52 bits per heavy atom. The highest BCUT2D eigenvalue weighted by Gasteiger charge is 2.17. The minimum atomic E-state index is -3.83. The highest BCUT2D eigenvalue weighted by molar-refractivity contribution is 7.93. The summed E-state index contributed by atoms with van der Waals surface area (Å²) in [5, 5.41) is 10.8. The Labute approximate surface area is 170 Å². The van der Waals surface area contributed by atoms with Crippen LogP contribution in [0.15, 0.2) is 53.7 Å². The maximum Gasteiger partial charge on any atom is 0.340 e. The molecule has 3 rings (SSSR count). The van der Waals surface area contributed by atoms with Gasteiger partial charge in [-0.1, -0.05) is 11.3 Å². The molecule has 150 valence electrons. The largest absolute Gasteiger partial charge is 0.452 e. The van der Waals surface area contributed by atoms with Gasteiger partial charge in [-0.05, 0) is 43.3 Å². The van der Waals surface area contributed by atoms with Crippen molar-refractivity contribution in [2.24, 2.45) is 0 Å². The topological polar surface area (TPSA) is 140 Å². The maximum atomic E-state index is 12.3. The molecule has 0 saturated heterocycles. The van der Waals surface area contributed by atoms with E-state index in [-0.39, 0.29) is 15.6 Å². The first-order valence-electron chi connectivity index (χ1n) is 8.13. The Balaban J connectivity index is 1.55. The van der Waals surface area contributed by atoms with Crippen LogP contribution in [0.4, 0.5) is 10.8 Å². The Bertz CT molecular complexity index is 1110. The van der Waals surface area contributed by atoms with E-state index in [1.165, 1.54) is 42.7 Å². The van der Waals surface area contributed by atoms with Crippen LogP contribution in [0.5, 0.6) is 0 Å². The molecule has 0 saturated carbocycles. The van der Waals surface area contributed by atoms with E-state index in [1.54, 1.807) is 13.0 Å². The monoisotopic (exact) mass is 433 g/mol. The molecule has 2 aromatic heterocycles. The first-order valence-corrected chi connectivity index (χ1v) is 10.4. The number of ether oxygens (including phenoxy) is 1. The second-order valence-electron chi connectivity index (χ2n) is 5.62. The van der Waals surface area contributed by atoms with Crippen LogP contribution in [0.2, 0.25) is 0 Å². The normalized spacial score (nSPS) is 10.9. The molecule has 0 aliphatic rings. The van der Waals surface area contributed by atoms with E-state index >= 15 is 0 Å². The summed E-state index contributed by atoms with van der Waals surface area (Å²) < 4.78 is 31.9. The standard InChI is InChI=1S/C17H15N5O5S2/c1-11-20-21-17(28-11)22-29(25,26)14-6-4-13(5-7-14)19-15(23)10-27-16(24)12-3-2-8-18-9-12/h2-9H,10H2,1H3,(H,19,23)(H,21,22). The van der Waals surface area contributed by atoms with Crippen molar-refractivity contribution in [3.05, 3.63) is 59.4 Å². The zero-order valence-corrected chi connectivity index (χ0v) is 16.7. The number of carbonyl (C=O) groups excluding carboxylic acids is 2. The van der Waals surface area contributed by atoms with Gasteiger partial charge in [-0.25, -0.2) is 13.2 Å². The molecule has 2 N–H and O–H groups in total. The molecule has 1 amide bonds. The third-order valence-corrected chi connectivity index (χ3v) is 5.67. The van der Waals surface area contributed by atoms with Gasteiger partial charge in [-0.2, -0.15) is 0 Å². The van der Waals surface area contributed by atoms with Gasteiger partial charge in [-0.3, -0.25) is 14.5 Å². The van der Waals surface area contributed by atoms with Gasteiger partial charge in [0, 0.05) is 18.1 Å². The molecular weight excluding hydrogens is 418 g/mol. The van der Waals surface area contributed by atoms with Crippen molar-refractivity contribution in [1.29, 1.82) is 0 Å². The van der Waals surface area contributed by atoms with Gasteiger partial charge in [0.15, 0.2) is 6.61 Å². The summed E-state index contributed by atoms with van der Waals surface area (Å²) in [7, 11) is -3.83. The minimum Gasteiger partial charge on any atom is -0.452 e. The van der Waals surface area contributed by atoms with Crippen molar-refractivity contribution in [2.75, 3.05) is 16.6 Å². The predicted octanol–water partition coefficient (Wildman–Crippen LogP) is 1.84. The molecule has 0 aliphatic carbocycles. The van der Waals surface area contributed by atoms with Crippen LogP contribution in [0.1, 0.15) is 15.4 Å². The number of aromatic nitrogens is 3. The molecule has 0 radical (unpaired) electrons. The van der Waals surface area contributed by atoms with Gasteiger partial charge in [0.05, 0.1) is 10.5 Å². The fourth-order valence-corrected chi connectivity index (χ4v) is 3.95. The van der Waals surface area contributed by atoms with Crippen LogP contribution in [0.3, 0.4) is 0 Å². The fraction of sp³-hybridized carbons (Fsp3) is 0.118. The number of aryl methyl sites for hydroxylation is 1. The molecule has 0 spiro atoms. The van der Waals surface area contributed by atoms with Crippen molar-refractivity contribution in [3.8, 4) is 0 Å². The number of hydrogen-bond acceptors (Lipinski definition) is 9. The van der Waals surface area contributed by atoms with E-state index in [0.717, 1.165) is 11.3 Å². The zero-order chi connectivity index (χ0) is 20.9. The van der Waals surface area contributed by atoms with Crippen molar-refractivity contribution >= 4 is 44.1 Å². The summed E-state index contributed by atoms with van der Waals surface area (Å²) in [5.74, 6) is -1.24. The molecule has 0 aliphatic heterocycles. The molecule has 12 heteroatoms. The van der Waals surface area contributed by atoms with E-state index in [9.17, 15) is 18.0 Å². The van der Waals surface area contributed by atoms with E-state index < -0.39 is 28.5 Å². The molecule has 2 heterocycles. The lowest BCUT2D eigenvalue weighted by molar-refractivity contribution is -0.119. The van der Waals surface area contributed by atoms with Crippen LogP contribution < -0.4 is 10.0 Å². The highest BCUT2D eigenvalue weighted by atomic mass is 32.2. The number of amides is 1. The SMILES string of the molecule is Cc1nnc(NS(=O)(=O)c2ccc(NC(=O)COC(=O)c3cccnc3)cc2)s1. The van der Waals surface area contributed by atoms with Crippen LogP contribution in [0, 0.1) is 6.92 Å². The molecule has 0 atom stereocenters. The number of nitrogens with one attached hydrogen (secondary N) is 2. The number of sulfonamides is 1. The number of rotatable bonds is 7. The van der Waals surface area contributed by atoms with Gasteiger partial charge in [0.25, 0.3) is 15.9 Å². The molecule has 1 aromatic carbocycles. The Hall–Kier alpha value is -3.38. The number of anilines is 2. The third kappa shape index (κ3) is 5.56. The summed E-state index contributed by atoms with van der Waals surface area (Å²) in [4.78, 5) is 27.5. The summed E-state index contributed by atoms with van der Waals surface area (Å²) in [5.41, 5.74) is 0.575. The molecule has 0 bridgehead atoms. The first-order chi connectivity index (χ1) is 13.8. The summed E-state index contributed by atoms with van der Waals surface area (Å²) >= 11 is 1.11. The van der Waals surface area contributed by atoms with E-state index in [0.29, 0.717) is 10.7 Å². The second-order valence-corrected chi connectivity index (χ2v) is 8.49. The minimum absolute atomic E-state index is 0.00800. The van der Waals surface area contributed by atoms with Crippen LogP contribution in [-0.2, 0) is 19.6 Å². The Morgan fingerprint density at radius 2 is 1.90 bits per heavy atom. The fourth-order valence-electron chi connectivity index (χ4n) is 2.12. The number of hydrogen-bond donors (Lipinski definition) is 2. The molecule has 29 heavy (non-hydrogen) atoms. The quantitative estimate of drug-likeness (QED) is 0.538. The number of benzene rings is 1. The number of carbonyl (C=O) groups is 2. The van der Waals surface area contributed by atoms with Gasteiger partial charge in [-0.15, -0.1) is 10.2 Å². The molecule has 3 aromatic rings. The summed E-state index contributed by atoms with van der Waals surface area (Å²) in [6.45, 7) is 1.21. The second kappa shape index (κ2) is 8.75. The van der Waals surface area contributed by atoms with Gasteiger partial charge in [0.2, 0.25) is 5.13 Å². The van der Waals surface area contributed by atoms with Crippen molar-refractivity contribution in [2.45, 2.75) is 11.8 Å². The lowest BCUT2D eigenvalue weighted by Crippen LogP contribution is -2.21. The average Bonchev–Trinajstić information content (AvgIpc) is 3.11. The number of nitrogens with zero attached hydrogens (tertiary/aromatic N) is 3. The van der Waals surface area contributed by atoms with Crippen LogP contribution in [0.25, 0.3) is 0 Å². The highest BCUT2D eigenvalue weighted by Crippen LogP contribution is 2.20. The molecule has 0 unspecified atom stereocenters. The number of pyridine rings is 1. The maximum absolute atomic E-state index is 12.3. The third-order valence-electron chi connectivity index (χ3n) is 3.43.